The predicted octanol–water partition coefficient (Wildman–Crippen LogP) is 1.42. The van der Waals surface area contributed by atoms with Crippen LogP contribution in [0.15, 0.2) is 19.3 Å². The molecule has 0 fully saturated rings. The molecule has 0 spiro atoms. The third-order valence-corrected chi connectivity index (χ3v) is 6.06. The fourth-order valence-corrected chi connectivity index (χ4v) is 4.89. The Morgan fingerprint density at radius 3 is 2.81 bits per heavy atom. The van der Waals surface area contributed by atoms with Gasteiger partial charge in [-0.25, -0.2) is 17.9 Å². The van der Waals surface area contributed by atoms with Crippen molar-refractivity contribution in [3.05, 3.63) is 26.4 Å². The highest BCUT2D eigenvalue weighted by Gasteiger charge is 2.23. The Morgan fingerprint density at radius 1 is 1.57 bits per heavy atom. The molecule has 2 N–H and O–H groups in total. The van der Waals surface area contributed by atoms with Crippen molar-refractivity contribution < 1.29 is 22.8 Å². The highest BCUT2D eigenvalue weighted by atomic mass is 79.9. The fourth-order valence-electron chi connectivity index (χ4n) is 1.45. The molecular formula is C10H10BrN3O5S2. The van der Waals surface area contributed by atoms with Crippen LogP contribution in [0.4, 0.5) is 0 Å². The van der Waals surface area contributed by atoms with Crippen LogP contribution in [0.25, 0.3) is 0 Å². The SMILES string of the molecule is Cc1noc(CCNS(=O)(=O)c2cc(C(=O)O)sc2Br)n1. The van der Waals surface area contributed by atoms with Crippen molar-refractivity contribution in [1.82, 2.24) is 14.9 Å². The predicted molar refractivity (Wildman–Crippen MR) is 76.9 cm³/mol. The summed E-state index contributed by atoms with van der Waals surface area (Å²) in [5.74, 6) is -0.381. The average Bonchev–Trinajstić information content (AvgIpc) is 2.96. The number of nitrogens with zero attached hydrogens (tertiary/aromatic N) is 2. The van der Waals surface area contributed by atoms with Gasteiger partial charge in [0.15, 0.2) is 5.82 Å². The van der Waals surface area contributed by atoms with Crippen LogP contribution in [0.3, 0.4) is 0 Å². The Kier molecular flexibility index (Phi) is 4.76. The van der Waals surface area contributed by atoms with Crippen molar-refractivity contribution >= 4 is 43.3 Å². The van der Waals surface area contributed by atoms with Gasteiger partial charge >= 0.3 is 5.97 Å². The number of thiophene rings is 1. The number of hydrogen-bond donors (Lipinski definition) is 2. The molecule has 21 heavy (non-hydrogen) atoms. The normalized spacial score (nSPS) is 11.7. The van der Waals surface area contributed by atoms with E-state index in [2.05, 4.69) is 30.8 Å². The van der Waals surface area contributed by atoms with Gasteiger partial charge in [0, 0.05) is 13.0 Å². The molecule has 0 aliphatic carbocycles. The minimum atomic E-state index is -3.81. The van der Waals surface area contributed by atoms with Gasteiger partial charge in [-0.15, -0.1) is 11.3 Å². The number of aromatic carboxylic acids is 1. The lowest BCUT2D eigenvalue weighted by molar-refractivity contribution is 0.0702. The summed E-state index contributed by atoms with van der Waals surface area (Å²) in [6.07, 6.45) is 0.244. The van der Waals surface area contributed by atoms with E-state index in [1.807, 2.05) is 0 Å². The second kappa shape index (κ2) is 6.22. The van der Waals surface area contributed by atoms with E-state index in [0.717, 1.165) is 17.4 Å². The van der Waals surface area contributed by atoms with E-state index in [1.165, 1.54) is 0 Å². The molecule has 0 saturated carbocycles. The zero-order valence-electron chi connectivity index (χ0n) is 10.7. The third-order valence-electron chi connectivity index (χ3n) is 2.36. The van der Waals surface area contributed by atoms with Gasteiger partial charge in [0.1, 0.15) is 9.77 Å². The third kappa shape index (κ3) is 3.87. The minimum Gasteiger partial charge on any atom is -0.477 e. The lowest BCUT2D eigenvalue weighted by Gasteiger charge is -2.03. The van der Waals surface area contributed by atoms with Gasteiger partial charge in [-0.05, 0) is 28.9 Å². The number of sulfonamides is 1. The van der Waals surface area contributed by atoms with Crippen LogP contribution >= 0.6 is 27.3 Å². The Balaban J connectivity index is 2.06. The van der Waals surface area contributed by atoms with Crippen LogP contribution in [0.2, 0.25) is 0 Å². The van der Waals surface area contributed by atoms with E-state index in [1.54, 1.807) is 6.92 Å². The molecule has 114 valence electrons. The number of aromatic nitrogens is 2. The van der Waals surface area contributed by atoms with Gasteiger partial charge < -0.3 is 9.63 Å². The summed E-state index contributed by atoms with van der Waals surface area (Å²) in [6, 6.07) is 1.11. The summed E-state index contributed by atoms with van der Waals surface area (Å²) in [6.45, 7) is 1.72. The summed E-state index contributed by atoms with van der Waals surface area (Å²) in [7, 11) is -3.81. The average molecular weight is 396 g/mol. The second-order valence-electron chi connectivity index (χ2n) is 3.94. The number of nitrogens with one attached hydrogen (secondary N) is 1. The van der Waals surface area contributed by atoms with Crippen LogP contribution in [0, 0.1) is 6.92 Å². The lowest BCUT2D eigenvalue weighted by atomic mass is 10.4. The smallest absolute Gasteiger partial charge is 0.345 e. The molecule has 0 aromatic carbocycles. The first kappa shape index (κ1) is 16.1. The first-order valence-electron chi connectivity index (χ1n) is 5.61. The van der Waals surface area contributed by atoms with Crippen molar-refractivity contribution in [2.24, 2.45) is 0 Å². The first-order valence-corrected chi connectivity index (χ1v) is 8.70. The number of carbonyl (C=O) groups is 1. The van der Waals surface area contributed by atoms with Gasteiger partial charge in [-0.1, -0.05) is 5.16 Å². The van der Waals surface area contributed by atoms with Gasteiger partial charge in [0.25, 0.3) is 0 Å². The summed E-state index contributed by atoms with van der Waals surface area (Å²) in [5.41, 5.74) is 0. The maximum atomic E-state index is 12.1. The van der Waals surface area contributed by atoms with E-state index < -0.39 is 16.0 Å². The van der Waals surface area contributed by atoms with Crippen molar-refractivity contribution in [1.29, 1.82) is 0 Å². The molecule has 0 aliphatic heterocycles. The molecule has 0 atom stereocenters. The van der Waals surface area contributed by atoms with Gasteiger partial charge in [0.2, 0.25) is 15.9 Å². The van der Waals surface area contributed by atoms with Crippen molar-refractivity contribution in [3.8, 4) is 0 Å². The van der Waals surface area contributed by atoms with E-state index in [9.17, 15) is 13.2 Å². The molecule has 0 radical (unpaired) electrons. The maximum absolute atomic E-state index is 12.1. The zero-order chi connectivity index (χ0) is 15.6. The molecule has 0 amide bonds. The number of carboxylic acids is 1. The molecule has 0 bridgehead atoms. The van der Waals surface area contributed by atoms with E-state index in [-0.39, 0.29) is 26.5 Å². The minimum absolute atomic E-state index is 0.0604. The van der Waals surface area contributed by atoms with E-state index >= 15 is 0 Å². The van der Waals surface area contributed by atoms with E-state index in [4.69, 9.17) is 9.63 Å². The van der Waals surface area contributed by atoms with Crippen molar-refractivity contribution in [2.75, 3.05) is 6.54 Å². The summed E-state index contributed by atoms with van der Waals surface area (Å²) in [4.78, 5) is 14.6. The number of aryl methyl sites for hydroxylation is 1. The molecule has 2 heterocycles. The number of hydrogen-bond acceptors (Lipinski definition) is 7. The zero-order valence-corrected chi connectivity index (χ0v) is 13.9. The lowest BCUT2D eigenvalue weighted by Crippen LogP contribution is -2.26. The fraction of sp³-hybridized carbons (Fsp3) is 0.300. The molecule has 0 aliphatic rings. The van der Waals surface area contributed by atoms with Crippen LogP contribution in [0.1, 0.15) is 21.4 Å². The first-order chi connectivity index (χ1) is 9.79. The molecule has 8 nitrogen and oxygen atoms in total. The molecule has 0 unspecified atom stereocenters. The van der Waals surface area contributed by atoms with E-state index in [0.29, 0.717) is 11.7 Å². The maximum Gasteiger partial charge on any atom is 0.345 e. The van der Waals surface area contributed by atoms with Crippen LogP contribution in [0.5, 0.6) is 0 Å². The number of halogens is 1. The standard InChI is InChI=1S/C10H10BrN3O5S2/c1-5-13-8(19-14-5)2-3-12-21(17,18)7-4-6(10(15)16)20-9(7)11/h4,12H,2-3H2,1H3,(H,15,16). The Hall–Kier alpha value is -1.30. The molecule has 2 rings (SSSR count). The van der Waals surface area contributed by atoms with Crippen LogP contribution in [-0.2, 0) is 16.4 Å². The summed E-state index contributed by atoms with van der Waals surface area (Å²) >= 11 is 3.90. The number of rotatable bonds is 6. The second-order valence-corrected chi connectivity index (χ2v) is 8.04. The summed E-state index contributed by atoms with van der Waals surface area (Å²) < 4.78 is 31.6. The highest BCUT2D eigenvalue weighted by molar-refractivity contribution is 9.11. The van der Waals surface area contributed by atoms with Gasteiger partial charge in [0.05, 0.1) is 3.79 Å². The monoisotopic (exact) mass is 395 g/mol. The molecule has 2 aromatic rings. The van der Waals surface area contributed by atoms with Crippen molar-refractivity contribution in [2.45, 2.75) is 18.2 Å². The van der Waals surface area contributed by atoms with Gasteiger partial charge in [-0.2, -0.15) is 4.98 Å². The quantitative estimate of drug-likeness (QED) is 0.757. The molecular weight excluding hydrogens is 386 g/mol. The Labute approximate surface area is 132 Å². The molecule has 2 aromatic heterocycles. The molecule has 11 heteroatoms. The Bertz CT molecular complexity index is 768. The number of carboxylic acid groups (broad SMARTS) is 1. The van der Waals surface area contributed by atoms with Gasteiger partial charge in [-0.3, -0.25) is 0 Å². The van der Waals surface area contributed by atoms with Crippen molar-refractivity contribution in [3.63, 3.8) is 0 Å². The highest BCUT2D eigenvalue weighted by Crippen LogP contribution is 2.31. The molecule has 0 saturated heterocycles. The topological polar surface area (TPSA) is 122 Å². The summed E-state index contributed by atoms with van der Waals surface area (Å²) in [5, 5.41) is 12.5. The Morgan fingerprint density at radius 2 is 2.29 bits per heavy atom. The van der Waals surface area contributed by atoms with Crippen LogP contribution in [-0.4, -0.2) is 36.2 Å². The largest absolute Gasteiger partial charge is 0.477 e. The van der Waals surface area contributed by atoms with Crippen LogP contribution < -0.4 is 4.72 Å².